The summed E-state index contributed by atoms with van der Waals surface area (Å²) in [4.78, 5) is 0. The van der Waals surface area contributed by atoms with E-state index < -0.39 is 7.60 Å². The summed E-state index contributed by atoms with van der Waals surface area (Å²) < 4.78 is 24.5. The molecule has 0 N–H and O–H groups in total. The third-order valence-electron chi connectivity index (χ3n) is 5.69. The first-order valence-corrected chi connectivity index (χ1v) is 13.6. The van der Waals surface area contributed by atoms with E-state index in [0.29, 0.717) is 6.61 Å². The Morgan fingerprint density at radius 2 is 1.33 bits per heavy atom. The summed E-state index contributed by atoms with van der Waals surface area (Å²) in [6.45, 7) is 6.25. The average Bonchev–Trinajstić information content (AvgIpc) is 2.56. The minimum Gasteiger partial charge on any atom is -0.324 e. The van der Waals surface area contributed by atoms with Crippen molar-refractivity contribution in [2.75, 3.05) is 40.5 Å². The lowest BCUT2D eigenvalue weighted by Crippen LogP contribution is -2.48. The lowest BCUT2D eigenvalue weighted by molar-refractivity contribution is -0.893. The Labute approximate surface area is 169 Å². The van der Waals surface area contributed by atoms with Gasteiger partial charge in [-0.05, 0) is 6.42 Å². The van der Waals surface area contributed by atoms with Gasteiger partial charge in [-0.2, -0.15) is 0 Å². The molecule has 1 aliphatic heterocycles. The monoisotopic (exact) mass is 404 g/mol. The van der Waals surface area contributed by atoms with Crippen LogP contribution in [0.15, 0.2) is 0 Å². The molecule has 4 nitrogen and oxygen atoms in total. The zero-order valence-electron chi connectivity index (χ0n) is 18.7. The van der Waals surface area contributed by atoms with E-state index in [2.05, 4.69) is 21.0 Å². The standard InChI is InChI=1S/C22H47NO3P/c1-5-6-7-8-9-10-11-12-13-14-15-16-17-18-22-21-23(2,3)19-20-25-27(4,24)26-22/h22H,5-21H2,1-4H3/q+1/t22-,27?/m1/s1. The number of unbranched alkanes of at least 4 members (excludes halogenated alkanes) is 12. The van der Waals surface area contributed by atoms with Crippen molar-refractivity contribution in [2.24, 2.45) is 0 Å². The lowest BCUT2D eigenvalue weighted by Gasteiger charge is -2.36. The van der Waals surface area contributed by atoms with Crippen LogP contribution in [0.1, 0.15) is 96.8 Å². The molecule has 1 heterocycles. The molecule has 1 aliphatic rings. The molecule has 0 amide bonds. The van der Waals surface area contributed by atoms with Gasteiger partial charge >= 0.3 is 7.60 Å². The minimum absolute atomic E-state index is 0.0591. The van der Waals surface area contributed by atoms with Gasteiger partial charge in [0.25, 0.3) is 0 Å². The quantitative estimate of drug-likeness (QED) is 0.182. The van der Waals surface area contributed by atoms with Gasteiger partial charge in [0.1, 0.15) is 25.8 Å². The summed E-state index contributed by atoms with van der Waals surface area (Å²) in [7, 11) is 1.54. The molecule has 5 heteroatoms. The molecular weight excluding hydrogens is 357 g/mol. The first-order chi connectivity index (χ1) is 12.8. The predicted octanol–water partition coefficient (Wildman–Crippen LogP) is 6.78. The highest BCUT2D eigenvalue weighted by molar-refractivity contribution is 7.53. The van der Waals surface area contributed by atoms with Gasteiger partial charge in [0.15, 0.2) is 0 Å². The smallest absolute Gasteiger partial charge is 0.324 e. The van der Waals surface area contributed by atoms with E-state index in [1.807, 2.05) is 0 Å². The molecule has 0 aromatic heterocycles. The zero-order chi connectivity index (χ0) is 20.0. The van der Waals surface area contributed by atoms with Crippen molar-refractivity contribution in [1.82, 2.24) is 0 Å². The summed E-state index contributed by atoms with van der Waals surface area (Å²) in [5, 5.41) is 0. The number of nitrogens with zero attached hydrogens (tertiary/aromatic N) is 1. The van der Waals surface area contributed by atoms with E-state index in [0.717, 1.165) is 24.0 Å². The van der Waals surface area contributed by atoms with Crippen LogP contribution in [-0.4, -0.2) is 51.0 Å². The summed E-state index contributed by atoms with van der Waals surface area (Å²) in [5.74, 6) is 0. The highest BCUT2D eigenvalue weighted by Crippen LogP contribution is 2.46. The molecule has 162 valence electrons. The van der Waals surface area contributed by atoms with Crippen LogP contribution in [0.3, 0.4) is 0 Å². The summed E-state index contributed by atoms with van der Waals surface area (Å²) in [6.07, 6.45) is 18.8. The fourth-order valence-corrected chi connectivity index (χ4v) is 5.15. The van der Waals surface area contributed by atoms with Gasteiger partial charge in [0.05, 0.1) is 14.1 Å². The molecule has 0 aliphatic carbocycles. The SMILES string of the molecule is CCCCCCCCCCCCCCC[C@@H]1C[N+](C)(C)CCOP(C)(=O)O1. The van der Waals surface area contributed by atoms with Gasteiger partial charge < -0.3 is 9.01 Å². The van der Waals surface area contributed by atoms with E-state index in [9.17, 15) is 4.57 Å². The maximum absolute atomic E-state index is 12.3. The Morgan fingerprint density at radius 1 is 0.852 bits per heavy atom. The third kappa shape index (κ3) is 13.8. The van der Waals surface area contributed by atoms with Crippen molar-refractivity contribution >= 4 is 7.60 Å². The Hall–Kier alpha value is 0.110. The Balaban J connectivity index is 2.02. The van der Waals surface area contributed by atoms with Crippen LogP contribution in [0.25, 0.3) is 0 Å². The summed E-state index contributed by atoms with van der Waals surface area (Å²) in [6, 6.07) is 0. The van der Waals surface area contributed by atoms with Gasteiger partial charge in [0, 0.05) is 6.66 Å². The van der Waals surface area contributed by atoms with E-state index in [-0.39, 0.29) is 6.10 Å². The topological polar surface area (TPSA) is 35.5 Å². The molecule has 0 saturated carbocycles. The van der Waals surface area contributed by atoms with E-state index in [4.69, 9.17) is 9.05 Å². The summed E-state index contributed by atoms with van der Waals surface area (Å²) in [5.41, 5.74) is 0. The molecule has 0 spiro atoms. The third-order valence-corrected chi connectivity index (χ3v) is 7.02. The van der Waals surface area contributed by atoms with Crippen LogP contribution in [0.5, 0.6) is 0 Å². The van der Waals surface area contributed by atoms with Crippen molar-refractivity contribution in [3.63, 3.8) is 0 Å². The number of likely N-dealkylation sites (N-methyl/N-ethyl adjacent to an activating group) is 1. The van der Waals surface area contributed by atoms with Crippen LogP contribution >= 0.6 is 7.60 Å². The highest BCUT2D eigenvalue weighted by atomic mass is 31.2. The first-order valence-electron chi connectivity index (χ1n) is 11.6. The Bertz CT molecular complexity index is 414. The van der Waals surface area contributed by atoms with Gasteiger partial charge in [0.2, 0.25) is 0 Å². The van der Waals surface area contributed by atoms with Crippen molar-refractivity contribution in [3.8, 4) is 0 Å². The van der Waals surface area contributed by atoms with Crippen molar-refractivity contribution in [3.05, 3.63) is 0 Å². The van der Waals surface area contributed by atoms with Crippen LogP contribution in [0.2, 0.25) is 0 Å². The number of quaternary nitrogens is 1. The zero-order valence-corrected chi connectivity index (χ0v) is 19.6. The molecule has 2 atom stereocenters. The molecule has 27 heavy (non-hydrogen) atoms. The second-order valence-corrected chi connectivity index (χ2v) is 11.2. The molecule has 1 unspecified atom stereocenters. The molecule has 0 bridgehead atoms. The number of hydrogen-bond acceptors (Lipinski definition) is 3. The van der Waals surface area contributed by atoms with Crippen molar-refractivity contribution in [1.29, 1.82) is 0 Å². The summed E-state index contributed by atoms with van der Waals surface area (Å²) >= 11 is 0. The van der Waals surface area contributed by atoms with Crippen LogP contribution < -0.4 is 0 Å². The fraction of sp³-hybridized carbons (Fsp3) is 1.00. The Kier molecular flexibility index (Phi) is 13.2. The van der Waals surface area contributed by atoms with Gasteiger partial charge in [-0.3, -0.25) is 9.09 Å². The maximum Gasteiger partial charge on any atom is 0.328 e. The number of hydrogen-bond donors (Lipinski definition) is 0. The molecule has 1 rings (SSSR count). The number of rotatable bonds is 14. The second kappa shape index (κ2) is 14.1. The van der Waals surface area contributed by atoms with E-state index in [1.165, 1.54) is 83.5 Å². The normalized spacial score (nSPS) is 25.9. The molecule has 0 aromatic carbocycles. The fourth-order valence-electron chi connectivity index (χ4n) is 3.96. The average molecular weight is 405 g/mol. The predicted molar refractivity (Wildman–Crippen MR) is 117 cm³/mol. The largest absolute Gasteiger partial charge is 0.328 e. The van der Waals surface area contributed by atoms with Gasteiger partial charge in [-0.25, -0.2) is 0 Å². The van der Waals surface area contributed by atoms with Gasteiger partial charge in [-0.15, -0.1) is 0 Å². The second-order valence-electron chi connectivity index (χ2n) is 9.21. The van der Waals surface area contributed by atoms with Crippen molar-refractivity contribution in [2.45, 2.75) is 103 Å². The lowest BCUT2D eigenvalue weighted by atomic mass is 10.0. The van der Waals surface area contributed by atoms with Crippen LogP contribution in [-0.2, 0) is 13.6 Å². The van der Waals surface area contributed by atoms with Crippen LogP contribution in [0, 0.1) is 0 Å². The molecule has 0 radical (unpaired) electrons. The van der Waals surface area contributed by atoms with Crippen LogP contribution in [0.4, 0.5) is 0 Å². The minimum atomic E-state index is -2.87. The Morgan fingerprint density at radius 3 is 1.85 bits per heavy atom. The van der Waals surface area contributed by atoms with E-state index in [1.54, 1.807) is 6.66 Å². The first kappa shape index (κ1) is 25.1. The van der Waals surface area contributed by atoms with Gasteiger partial charge in [-0.1, -0.05) is 90.4 Å². The molecule has 1 fully saturated rings. The maximum atomic E-state index is 12.3. The van der Waals surface area contributed by atoms with E-state index >= 15 is 0 Å². The molecule has 1 saturated heterocycles. The molecule has 0 aromatic rings. The van der Waals surface area contributed by atoms with Crippen molar-refractivity contribution < 1.29 is 18.1 Å². The molecular formula is C22H47NO3P+. The highest BCUT2D eigenvalue weighted by Gasteiger charge is 2.32.